The zero-order chi connectivity index (χ0) is 13.8. The van der Waals surface area contributed by atoms with Gasteiger partial charge in [-0.3, -0.25) is 4.79 Å². The molecule has 1 amide bonds. The Morgan fingerprint density at radius 1 is 1.39 bits per heavy atom. The van der Waals surface area contributed by atoms with Gasteiger partial charge in [-0.15, -0.1) is 0 Å². The summed E-state index contributed by atoms with van der Waals surface area (Å²) in [6, 6.07) is 0.280. The molecule has 1 aliphatic rings. The van der Waals surface area contributed by atoms with Crippen molar-refractivity contribution in [3.8, 4) is 0 Å². The third-order valence-electron chi connectivity index (χ3n) is 4.52. The molecular formula is C15H30N2O. The summed E-state index contributed by atoms with van der Waals surface area (Å²) in [6.45, 7) is 10.2. The Bertz CT molecular complexity index is 272. The highest BCUT2D eigenvalue weighted by Gasteiger charge is 2.41. The molecular weight excluding hydrogens is 224 g/mol. The lowest BCUT2D eigenvalue weighted by molar-refractivity contribution is -0.144. The van der Waals surface area contributed by atoms with E-state index in [1.54, 1.807) is 0 Å². The molecule has 0 aromatic carbocycles. The van der Waals surface area contributed by atoms with E-state index in [0.717, 1.165) is 38.6 Å². The van der Waals surface area contributed by atoms with Crippen molar-refractivity contribution in [3.63, 3.8) is 0 Å². The molecule has 1 rings (SSSR count). The highest BCUT2D eigenvalue weighted by molar-refractivity contribution is 5.83. The van der Waals surface area contributed by atoms with Crippen molar-refractivity contribution in [2.45, 2.75) is 65.8 Å². The van der Waals surface area contributed by atoms with Crippen molar-refractivity contribution in [2.75, 3.05) is 13.1 Å². The molecule has 0 aliphatic carbocycles. The number of hydrogen-bond acceptors (Lipinski definition) is 2. The van der Waals surface area contributed by atoms with Crippen LogP contribution in [0.4, 0.5) is 0 Å². The van der Waals surface area contributed by atoms with Gasteiger partial charge in [0, 0.05) is 24.5 Å². The van der Waals surface area contributed by atoms with Crippen molar-refractivity contribution >= 4 is 5.91 Å². The largest absolute Gasteiger partial charge is 0.338 e. The van der Waals surface area contributed by atoms with Crippen LogP contribution in [0.3, 0.4) is 0 Å². The first-order valence-corrected chi connectivity index (χ1v) is 7.51. The van der Waals surface area contributed by atoms with Gasteiger partial charge in [-0.1, -0.05) is 27.7 Å². The van der Waals surface area contributed by atoms with Crippen LogP contribution >= 0.6 is 0 Å². The minimum atomic E-state index is -0.161. The second kappa shape index (κ2) is 6.55. The molecule has 18 heavy (non-hydrogen) atoms. The van der Waals surface area contributed by atoms with Crippen LogP contribution in [-0.2, 0) is 4.79 Å². The van der Waals surface area contributed by atoms with Gasteiger partial charge in [0.2, 0.25) is 5.91 Å². The Morgan fingerprint density at radius 2 is 2.00 bits per heavy atom. The molecule has 3 nitrogen and oxygen atoms in total. The summed E-state index contributed by atoms with van der Waals surface area (Å²) in [6.07, 6.45) is 5.06. The number of rotatable bonds is 6. The van der Waals surface area contributed by atoms with Gasteiger partial charge >= 0.3 is 0 Å². The van der Waals surface area contributed by atoms with Gasteiger partial charge in [0.25, 0.3) is 0 Å². The van der Waals surface area contributed by atoms with Crippen LogP contribution in [0.2, 0.25) is 0 Å². The summed E-state index contributed by atoms with van der Waals surface area (Å²) < 4.78 is 0. The number of nitrogens with zero attached hydrogens (tertiary/aromatic N) is 1. The molecule has 1 unspecified atom stereocenters. The van der Waals surface area contributed by atoms with E-state index in [1.807, 2.05) is 0 Å². The van der Waals surface area contributed by atoms with Gasteiger partial charge in [0.15, 0.2) is 0 Å². The summed E-state index contributed by atoms with van der Waals surface area (Å²) in [5.41, 5.74) is 5.63. The van der Waals surface area contributed by atoms with Gasteiger partial charge in [-0.2, -0.15) is 0 Å². The third kappa shape index (κ3) is 3.05. The molecule has 2 N–H and O–H groups in total. The lowest BCUT2D eigenvalue weighted by Gasteiger charge is -2.38. The predicted molar refractivity (Wildman–Crippen MR) is 76.3 cm³/mol. The number of hydrogen-bond donors (Lipinski definition) is 1. The Balaban J connectivity index is 2.88. The molecule has 3 heteroatoms. The topological polar surface area (TPSA) is 46.3 Å². The minimum absolute atomic E-state index is 0.161. The molecule has 106 valence electrons. The fraction of sp³-hybridized carbons (Fsp3) is 0.933. The molecule has 0 bridgehead atoms. The van der Waals surface area contributed by atoms with Gasteiger partial charge < -0.3 is 10.6 Å². The van der Waals surface area contributed by atoms with E-state index < -0.39 is 0 Å². The lowest BCUT2D eigenvalue weighted by Crippen LogP contribution is -2.48. The lowest BCUT2D eigenvalue weighted by atomic mass is 9.74. The van der Waals surface area contributed by atoms with Crippen LogP contribution in [0, 0.1) is 11.3 Å². The summed E-state index contributed by atoms with van der Waals surface area (Å²) in [4.78, 5) is 15.0. The Kier molecular flexibility index (Phi) is 5.64. The summed E-state index contributed by atoms with van der Waals surface area (Å²) in [5.74, 6) is 0.918. The highest BCUT2D eigenvalue weighted by Crippen LogP contribution is 2.37. The monoisotopic (exact) mass is 254 g/mol. The smallest absolute Gasteiger partial charge is 0.229 e. The first kappa shape index (κ1) is 15.5. The summed E-state index contributed by atoms with van der Waals surface area (Å²) in [5, 5.41) is 0. The van der Waals surface area contributed by atoms with Crippen LogP contribution in [0.15, 0.2) is 0 Å². The second-order valence-electron chi connectivity index (χ2n) is 6.12. The SMILES string of the molecule is CCC(CC)(CC(C)C)C(=O)N1CCCC1CN. The van der Waals surface area contributed by atoms with E-state index in [-0.39, 0.29) is 11.5 Å². The Labute approximate surface area is 112 Å². The number of carbonyl (C=O) groups is 1. The van der Waals surface area contributed by atoms with Crippen molar-refractivity contribution in [1.29, 1.82) is 0 Å². The highest BCUT2D eigenvalue weighted by atomic mass is 16.2. The maximum absolute atomic E-state index is 12.9. The first-order chi connectivity index (χ1) is 8.50. The van der Waals surface area contributed by atoms with Crippen LogP contribution in [0.5, 0.6) is 0 Å². The molecule has 1 aliphatic heterocycles. The quantitative estimate of drug-likeness (QED) is 0.792. The van der Waals surface area contributed by atoms with Crippen molar-refractivity contribution in [1.82, 2.24) is 4.90 Å². The van der Waals surface area contributed by atoms with Gasteiger partial charge in [-0.05, 0) is 38.0 Å². The van der Waals surface area contributed by atoms with E-state index in [9.17, 15) is 4.79 Å². The number of nitrogens with two attached hydrogens (primary N) is 1. The first-order valence-electron chi connectivity index (χ1n) is 7.51. The minimum Gasteiger partial charge on any atom is -0.338 e. The average molecular weight is 254 g/mol. The Morgan fingerprint density at radius 3 is 2.44 bits per heavy atom. The van der Waals surface area contributed by atoms with Crippen molar-refractivity contribution in [2.24, 2.45) is 17.1 Å². The molecule has 0 aromatic rings. The summed E-state index contributed by atoms with van der Waals surface area (Å²) >= 11 is 0. The van der Waals surface area contributed by atoms with Gasteiger partial charge in [0.1, 0.15) is 0 Å². The summed E-state index contributed by atoms with van der Waals surface area (Å²) in [7, 11) is 0. The zero-order valence-corrected chi connectivity index (χ0v) is 12.5. The number of likely N-dealkylation sites (tertiary alicyclic amines) is 1. The molecule has 0 radical (unpaired) electrons. The van der Waals surface area contributed by atoms with Crippen LogP contribution < -0.4 is 5.73 Å². The van der Waals surface area contributed by atoms with Gasteiger partial charge in [0.05, 0.1) is 0 Å². The van der Waals surface area contributed by atoms with E-state index >= 15 is 0 Å². The van der Waals surface area contributed by atoms with Crippen molar-refractivity contribution < 1.29 is 4.79 Å². The zero-order valence-electron chi connectivity index (χ0n) is 12.5. The molecule has 1 atom stereocenters. The van der Waals surface area contributed by atoms with E-state index in [0.29, 0.717) is 18.4 Å². The predicted octanol–water partition coefficient (Wildman–Crippen LogP) is 2.79. The standard InChI is InChI=1S/C15H30N2O/c1-5-15(6-2,10-12(3)4)14(18)17-9-7-8-13(17)11-16/h12-13H,5-11,16H2,1-4H3. The number of carbonyl (C=O) groups excluding carboxylic acids is 1. The fourth-order valence-corrected chi connectivity index (χ4v) is 3.36. The molecule has 0 spiro atoms. The molecule has 1 saturated heterocycles. The van der Waals surface area contributed by atoms with Crippen LogP contribution in [0.1, 0.15) is 59.8 Å². The fourth-order valence-electron chi connectivity index (χ4n) is 3.36. The van der Waals surface area contributed by atoms with Crippen molar-refractivity contribution in [3.05, 3.63) is 0 Å². The van der Waals surface area contributed by atoms with E-state index in [2.05, 4.69) is 32.6 Å². The molecule has 1 heterocycles. The van der Waals surface area contributed by atoms with E-state index in [1.165, 1.54) is 0 Å². The molecule has 0 aromatic heterocycles. The Hall–Kier alpha value is -0.570. The average Bonchev–Trinajstić information content (AvgIpc) is 2.83. The molecule has 1 fully saturated rings. The third-order valence-corrected chi connectivity index (χ3v) is 4.52. The number of amides is 1. The van der Waals surface area contributed by atoms with Crippen LogP contribution in [-0.4, -0.2) is 29.9 Å². The maximum Gasteiger partial charge on any atom is 0.229 e. The second-order valence-corrected chi connectivity index (χ2v) is 6.12. The van der Waals surface area contributed by atoms with Gasteiger partial charge in [-0.25, -0.2) is 0 Å². The van der Waals surface area contributed by atoms with E-state index in [4.69, 9.17) is 5.73 Å². The maximum atomic E-state index is 12.9. The molecule has 0 saturated carbocycles. The normalized spacial score (nSPS) is 20.8. The van der Waals surface area contributed by atoms with Crippen LogP contribution in [0.25, 0.3) is 0 Å².